The van der Waals surface area contributed by atoms with Crippen molar-refractivity contribution in [1.29, 1.82) is 0 Å². The van der Waals surface area contributed by atoms with Crippen LogP contribution in [0.2, 0.25) is 0 Å². The third-order valence-electron chi connectivity index (χ3n) is 3.05. The Hall–Kier alpha value is -1.70. The molecule has 0 radical (unpaired) electrons. The molecule has 0 aliphatic heterocycles. The molecule has 0 spiro atoms. The third kappa shape index (κ3) is 7.40. The van der Waals surface area contributed by atoms with Gasteiger partial charge in [-0.15, -0.1) is 24.0 Å². The second kappa shape index (κ2) is 10.9. The molecule has 1 aromatic carbocycles. The van der Waals surface area contributed by atoms with Crippen molar-refractivity contribution in [3.05, 3.63) is 65.7 Å². The molecule has 2 rings (SSSR count). The van der Waals surface area contributed by atoms with Crippen molar-refractivity contribution in [3.8, 4) is 0 Å². The first kappa shape index (κ1) is 19.3. The minimum Gasteiger partial charge on any atom is -0.357 e. The standard InChI is InChI=1S/C17H21FN4.HI/c1-2-19-17(21-11-9-16-8-3-4-10-20-16)22-13-14-6-5-7-15(18)12-14;/h3-8,10,12H,2,9,11,13H2,1H3,(H2,19,21,22);1H. The molecule has 1 aromatic heterocycles. The van der Waals surface area contributed by atoms with Gasteiger partial charge in [-0.25, -0.2) is 9.38 Å². The second-order valence-electron chi connectivity index (χ2n) is 4.82. The van der Waals surface area contributed by atoms with E-state index in [9.17, 15) is 4.39 Å². The van der Waals surface area contributed by atoms with Crippen molar-refractivity contribution >= 4 is 29.9 Å². The Morgan fingerprint density at radius 1 is 1.17 bits per heavy atom. The molecule has 2 N–H and O–H groups in total. The van der Waals surface area contributed by atoms with Crippen LogP contribution in [0.4, 0.5) is 4.39 Å². The Morgan fingerprint density at radius 2 is 2.04 bits per heavy atom. The molecule has 0 atom stereocenters. The number of nitrogens with one attached hydrogen (secondary N) is 2. The minimum absolute atomic E-state index is 0. The summed E-state index contributed by atoms with van der Waals surface area (Å²) in [6.07, 6.45) is 2.61. The van der Waals surface area contributed by atoms with Gasteiger partial charge in [0.1, 0.15) is 5.82 Å². The van der Waals surface area contributed by atoms with Gasteiger partial charge >= 0.3 is 0 Å². The Kier molecular flexibility index (Phi) is 9.20. The van der Waals surface area contributed by atoms with Crippen LogP contribution >= 0.6 is 24.0 Å². The van der Waals surface area contributed by atoms with Crippen molar-refractivity contribution in [2.75, 3.05) is 13.1 Å². The number of pyridine rings is 1. The SMILES string of the molecule is CCNC(=NCc1cccc(F)c1)NCCc1ccccn1.I. The highest BCUT2D eigenvalue weighted by atomic mass is 127. The van der Waals surface area contributed by atoms with Gasteiger partial charge in [-0.2, -0.15) is 0 Å². The molecule has 0 aliphatic carbocycles. The lowest BCUT2D eigenvalue weighted by molar-refractivity contribution is 0.625. The average Bonchev–Trinajstić information content (AvgIpc) is 2.54. The van der Waals surface area contributed by atoms with Crippen LogP contribution in [0.25, 0.3) is 0 Å². The van der Waals surface area contributed by atoms with Gasteiger partial charge in [0.15, 0.2) is 5.96 Å². The molecule has 0 fully saturated rings. The molecule has 0 amide bonds. The predicted octanol–water partition coefficient (Wildman–Crippen LogP) is 3.14. The van der Waals surface area contributed by atoms with Crippen LogP contribution in [0.3, 0.4) is 0 Å². The summed E-state index contributed by atoms with van der Waals surface area (Å²) >= 11 is 0. The summed E-state index contributed by atoms with van der Waals surface area (Å²) < 4.78 is 13.1. The predicted molar refractivity (Wildman–Crippen MR) is 103 cm³/mol. The second-order valence-corrected chi connectivity index (χ2v) is 4.82. The van der Waals surface area contributed by atoms with E-state index in [-0.39, 0.29) is 29.8 Å². The fraction of sp³-hybridized carbons (Fsp3) is 0.294. The van der Waals surface area contributed by atoms with Crippen LogP contribution in [0.5, 0.6) is 0 Å². The van der Waals surface area contributed by atoms with E-state index in [0.29, 0.717) is 6.54 Å². The van der Waals surface area contributed by atoms with Crippen molar-refractivity contribution in [2.45, 2.75) is 19.9 Å². The zero-order chi connectivity index (χ0) is 15.6. The van der Waals surface area contributed by atoms with Crippen LogP contribution in [0.1, 0.15) is 18.2 Å². The van der Waals surface area contributed by atoms with E-state index in [1.165, 1.54) is 12.1 Å². The van der Waals surface area contributed by atoms with E-state index in [0.717, 1.165) is 36.7 Å². The van der Waals surface area contributed by atoms with Crippen molar-refractivity contribution in [3.63, 3.8) is 0 Å². The molecule has 0 unspecified atom stereocenters. The molecule has 0 aliphatic rings. The molecule has 4 nitrogen and oxygen atoms in total. The number of hydrogen-bond acceptors (Lipinski definition) is 2. The zero-order valence-electron chi connectivity index (χ0n) is 13.1. The maximum atomic E-state index is 13.1. The highest BCUT2D eigenvalue weighted by Crippen LogP contribution is 2.04. The molecule has 0 saturated carbocycles. The molecule has 2 aromatic rings. The molecule has 124 valence electrons. The topological polar surface area (TPSA) is 49.3 Å². The average molecular weight is 428 g/mol. The summed E-state index contributed by atoms with van der Waals surface area (Å²) in [6.45, 7) is 3.97. The molecule has 23 heavy (non-hydrogen) atoms. The number of rotatable bonds is 6. The van der Waals surface area contributed by atoms with E-state index >= 15 is 0 Å². The molecule has 0 saturated heterocycles. The Morgan fingerprint density at radius 3 is 2.74 bits per heavy atom. The van der Waals surface area contributed by atoms with E-state index in [1.807, 2.05) is 31.2 Å². The molecular weight excluding hydrogens is 406 g/mol. The summed E-state index contributed by atoms with van der Waals surface area (Å²) in [7, 11) is 0. The fourth-order valence-electron chi connectivity index (χ4n) is 2.00. The summed E-state index contributed by atoms with van der Waals surface area (Å²) in [5.41, 5.74) is 1.89. The van der Waals surface area contributed by atoms with Crippen LogP contribution in [0.15, 0.2) is 53.7 Å². The van der Waals surface area contributed by atoms with Gasteiger partial charge < -0.3 is 10.6 Å². The molecule has 6 heteroatoms. The van der Waals surface area contributed by atoms with Gasteiger partial charge in [0.05, 0.1) is 6.54 Å². The van der Waals surface area contributed by atoms with Crippen molar-refractivity contribution < 1.29 is 4.39 Å². The minimum atomic E-state index is -0.235. The number of hydrogen-bond donors (Lipinski definition) is 2. The maximum Gasteiger partial charge on any atom is 0.191 e. The maximum absolute atomic E-state index is 13.1. The summed E-state index contributed by atoms with van der Waals surface area (Å²) in [4.78, 5) is 8.75. The van der Waals surface area contributed by atoms with E-state index in [4.69, 9.17) is 0 Å². The van der Waals surface area contributed by atoms with Crippen molar-refractivity contribution in [2.24, 2.45) is 4.99 Å². The van der Waals surface area contributed by atoms with E-state index < -0.39 is 0 Å². The highest BCUT2D eigenvalue weighted by molar-refractivity contribution is 14.0. The molecular formula is C17H22FIN4. The summed E-state index contributed by atoms with van der Waals surface area (Å²) in [6, 6.07) is 12.4. The molecule has 0 bridgehead atoms. The van der Waals surface area contributed by atoms with E-state index in [2.05, 4.69) is 20.6 Å². The van der Waals surface area contributed by atoms with Crippen LogP contribution in [-0.4, -0.2) is 24.0 Å². The largest absolute Gasteiger partial charge is 0.357 e. The van der Waals surface area contributed by atoms with Crippen molar-refractivity contribution in [1.82, 2.24) is 15.6 Å². The first-order valence-electron chi connectivity index (χ1n) is 7.44. The number of benzene rings is 1. The number of halogens is 2. The summed E-state index contributed by atoms with van der Waals surface area (Å²) in [5, 5.41) is 6.44. The van der Waals surface area contributed by atoms with Gasteiger partial charge in [-0.05, 0) is 36.8 Å². The number of guanidine groups is 1. The van der Waals surface area contributed by atoms with Gasteiger partial charge in [-0.1, -0.05) is 18.2 Å². The number of aliphatic imine (C=N–C) groups is 1. The third-order valence-corrected chi connectivity index (χ3v) is 3.05. The lowest BCUT2D eigenvalue weighted by atomic mass is 10.2. The smallest absolute Gasteiger partial charge is 0.191 e. The first-order chi connectivity index (χ1) is 10.8. The van der Waals surface area contributed by atoms with Crippen LogP contribution < -0.4 is 10.6 Å². The monoisotopic (exact) mass is 428 g/mol. The molecule has 1 heterocycles. The van der Waals surface area contributed by atoms with Gasteiger partial charge in [0.2, 0.25) is 0 Å². The normalized spacial score (nSPS) is 10.8. The van der Waals surface area contributed by atoms with Gasteiger partial charge in [-0.3, -0.25) is 4.98 Å². The van der Waals surface area contributed by atoms with Crippen LogP contribution in [0, 0.1) is 5.82 Å². The lowest BCUT2D eigenvalue weighted by Crippen LogP contribution is -2.38. The van der Waals surface area contributed by atoms with E-state index in [1.54, 1.807) is 12.3 Å². The zero-order valence-corrected chi connectivity index (χ0v) is 15.5. The Balaban J connectivity index is 0.00000264. The number of aromatic nitrogens is 1. The fourth-order valence-corrected chi connectivity index (χ4v) is 2.00. The Bertz CT molecular complexity index is 605. The summed E-state index contributed by atoms with van der Waals surface area (Å²) in [5.74, 6) is 0.489. The first-order valence-corrected chi connectivity index (χ1v) is 7.44. The lowest BCUT2D eigenvalue weighted by Gasteiger charge is -2.11. The van der Waals surface area contributed by atoms with Gasteiger partial charge in [0.25, 0.3) is 0 Å². The van der Waals surface area contributed by atoms with Crippen LogP contribution in [-0.2, 0) is 13.0 Å². The van der Waals surface area contributed by atoms with Gasteiger partial charge in [0, 0.05) is 31.4 Å². The Labute approximate surface area is 153 Å². The number of nitrogens with zero attached hydrogens (tertiary/aromatic N) is 2. The highest BCUT2D eigenvalue weighted by Gasteiger charge is 1.99. The quantitative estimate of drug-likeness (QED) is 0.423.